The largest absolute Gasteiger partial charge is 0.489 e. The average molecular weight is 333 g/mol. The fourth-order valence-corrected chi connectivity index (χ4v) is 2.73. The molecule has 3 rings (SSSR count). The van der Waals surface area contributed by atoms with E-state index in [1.807, 2.05) is 12.1 Å². The van der Waals surface area contributed by atoms with Crippen LogP contribution < -0.4 is 15.4 Å². The van der Waals surface area contributed by atoms with Gasteiger partial charge in [-0.15, -0.1) is 10.2 Å². The maximum Gasteiger partial charge on any atom is 0.151 e. The van der Waals surface area contributed by atoms with Gasteiger partial charge < -0.3 is 15.4 Å². The van der Waals surface area contributed by atoms with Gasteiger partial charge in [-0.05, 0) is 49.6 Å². The number of benzene rings is 1. The highest BCUT2D eigenvalue weighted by Crippen LogP contribution is 2.26. The minimum absolute atomic E-state index is 0.264. The van der Waals surface area contributed by atoms with E-state index in [0.29, 0.717) is 5.15 Å². The molecule has 2 aromatic rings. The third-order valence-corrected chi connectivity index (χ3v) is 4.04. The lowest BCUT2D eigenvalue weighted by Crippen LogP contribution is -2.35. The molecule has 0 bridgehead atoms. The number of fused-ring (bicyclic) bond motifs is 1. The molecule has 23 heavy (non-hydrogen) atoms. The highest BCUT2D eigenvalue weighted by atomic mass is 35.5. The highest BCUT2D eigenvalue weighted by molar-refractivity contribution is 6.29. The summed E-state index contributed by atoms with van der Waals surface area (Å²) in [6.45, 7) is 2.67. The number of hydrogen-bond acceptors (Lipinski definition) is 5. The summed E-state index contributed by atoms with van der Waals surface area (Å²) in [7, 11) is 0. The molecule has 1 unspecified atom stereocenters. The molecule has 0 fully saturated rings. The molecular weight excluding hydrogens is 312 g/mol. The maximum absolute atomic E-state index is 6.01. The van der Waals surface area contributed by atoms with Gasteiger partial charge >= 0.3 is 0 Å². The Morgan fingerprint density at radius 2 is 2.04 bits per heavy atom. The number of nitrogens with zero attached hydrogens (tertiary/aromatic N) is 2. The van der Waals surface area contributed by atoms with Gasteiger partial charge in [-0.3, -0.25) is 0 Å². The lowest BCUT2D eigenvalue weighted by molar-refractivity contribution is 0.171. The molecule has 2 heterocycles. The van der Waals surface area contributed by atoms with Crippen LogP contribution in [0.4, 0.5) is 5.82 Å². The molecule has 0 saturated carbocycles. The van der Waals surface area contributed by atoms with E-state index >= 15 is 0 Å². The summed E-state index contributed by atoms with van der Waals surface area (Å²) in [5, 5.41) is 14.8. The van der Waals surface area contributed by atoms with Crippen molar-refractivity contribution in [2.24, 2.45) is 0 Å². The lowest BCUT2D eigenvalue weighted by atomic mass is 10.0. The number of hydrogen-bond donors (Lipinski definition) is 2. The minimum atomic E-state index is 0.264. The second kappa shape index (κ2) is 8.13. The van der Waals surface area contributed by atoms with Gasteiger partial charge in [-0.25, -0.2) is 0 Å². The fraction of sp³-hybridized carbons (Fsp3) is 0.412. The summed E-state index contributed by atoms with van der Waals surface area (Å²) in [6.07, 6.45) is 3.44. The van der Waals surface area contributed by atoms with Gasteiger partial charge in [0, 0.05) is 13.1 Å². The summed E-state index contributed by atoms with van der Waals surface area (Å²) in [5.41, 5.74) is 1.32. The predicted molar refractivity (Wildman–Crippen MR) is 92.2 cm³/mol. The SMILES string of the molecule is Clc1ccc(NCCCNCC2CCc3ccccc3O2)nn1. The Labute approximate surface area is 141 Å². The maximum atomic E-state index is 6.01. The van der Waals surface area contributed by atoms with Crippen molar-refractivity contribution in [1.82, 2.24) is 15.5 Å². The minimum Gasteiger partial charge on any atom is -0.489 e. The van der Waals surface area contributed by atoms with Crippen LogP contribution in [0.15, 0.2) is 36.4 Å². The highest BCUT2D eigenvalue weighted by Gasteiger charge is 2.18. The lowest BCUT2D eigenvalue weighted by Gasteiger charge is -2.26. The summed E-state index contributed by atoms with van der Waals surface area (Å²) in [6, 6.07) is 11.9. The van der Waals surface area contributed by atoms with Crippen LogP contribution in [-0.2, 0) is 6.42 Å². The monoisotopic (exact) mass is 332 g/mol. The van der Waals surface area contributed by atoms with Crippen LogP contribution in [-0.4, -0.2) is 35.9 Å². The molecule has 0 spiro atoms. The van der Waals surface area contributed by atoms with Crippen LogP contribution in [0.5, 0.6) is 5.75 Å². The Kier molecular flexibility index (Phi) is 5.66. The Morgan fingerprint density at radius 1 is 1.13 bits per heavy atom. The molecule has 1 aliphatic heterocycles. The molecule has 1 atom stereocenters. The number of anilines is 1. The molecule has 0 amide bonds. The molecule has 1 aromatic heterocycles. The zero-order valence-corrected chi connectivity index (χ0v) is 13.7. The van der Waals surface area contributed by atoms with Gasteiger partial charge in [-0.2, -0.15) is 0 Å². The van der Waals surface area contributed by atoms with Crippen molar-refractivity contribution >= 4 is 17.4 Å². The number of rotatable bonds is 7. The van der Waals surface area contributed by atoms with Crippen molar-refractivity contribution in [2.75, 3.05) is 25.0 Å². The number of halogens is 1. The van der Waals surface area contributed by atoms with Crippen molar-refractivity contribution in [2.45, 2.75) is 25.4 Å². The summed E-state index contributed by atoms with van der Waals surface area (Å²) in [5.74, 6) is 1.79. The molecule has 0 saturated heterocycles. The number of aryl methyl sites for hydroxylation is 1. The summed E-state index contributed by atoms with van der Waals surface area (Å²) < 4.78 is 6.01. The van der Waals surface area contributed by atoms with Crippen molar-refractivity contribution < 1.29 is 4.74 Å². The van der Waals surface area contributed by atoms with Crippen LogP contribution in [0.2, 0.25) is 5.15 Å². The van der Waals surface area contributed by atoms with Gasteiger partial charge in [-0.1, -0.05) is 29.8 Å². The zero-order valence-electron chi connectivity index (χ0n) is 13.0. The number of nitrogens with one attached hydrogen (secondary N) is 2. The molecule has 0 radical (unpaired) electrons. The first-order chi connectivity index (χ1) is 11.3. The van der Waals surface area contributed by atoms with E-state index in [9.17, 15) is 0 Å². The number of ether oxygens (including phenoxy) is 1. The topological polar surface area (TPSA) is 59.1 Å². The van der Waals surface area contributed by atoms with Gasteiger partial charge in [0.15, 0.2) is 5.15 Å². The van der Waals surface area contributed by atoms with Crippen molar-refractivity contribution in [1.29, 1.82) is 0 Å². The molecule has 0 aliphatic carbocycles. The van der Waals surface area contributed by atoms with E-state index in [4.69, 9.17) is 16.3 Å². The molecular formula is C17H21ClN4O. The van der Waals surface area contributed by atoms with Crippen LogP contribution in [0.25, 0.3) is 0 Å². The molecule has 1 aromatic carbocycles. The van der Waals surface area contributed by atoms with Crippen LogP contribution in [0.1, 0.15) is 18.4 Å². The Hall–Kier alpha value is -1.85. The molecule has 2 N–H and O–H groups in total. The molecule has 1 aliphatic rings. The first-order valence-electron chi connectivity index (χ1n) is 7.99. The van der Waals surface area contributed by atoms with E-state index in [2.05, 4.69) is 39.0 Å². The summed E-state index contributed by atoms with van der Waals surface area (Å²) in [4.78, 5) is 0. The van der Waals surface area contributed by atoms with E-state index in [1.165, 1.54) is 5.56 Å². The van der Waals surface area contributed by atoms with Crippen LogP contribution in [0.3, 0.4) is 0 Å². The average Bonchev–Trinajstić information content (AvgIpc) is 2.59. The first-order valence-corrected chi connectivity index (χ1v) is 8.37. The molecule has 5 nitrogen and oxygen atoms in total. The van der Waals surface area contributed by atoms with Gasteiger partial charge in [0.05, 0.1) is 0 Å². The number of para-hydroxylation sites is 1. The predicted octanol–water partition coefficient (Wildman–Crippen LogP) is 2.92. The standard InChI is InChI=1S/C17H21ClN4O/c18-16-8-9-17(22-21-16)20-11-3-10-19-12-14-7-6-13-4-1-2-5-15(13)23-14/h1-2,4-5,8-9,14,19H,3,6-7,10-12H2,(H,20,22). The zero-order chi connectivity index (χ0) is 15.9. The normalized spacial score (nSPS) is 16.5. The van der Waals surface area contributed by atoms with Gasteiger partial charge in [0.1, 0.15) is 17.7 Å². The summed E-state index contributed by atoms with van der Waals surface area (Å²) >= 11 is 5.70. The first kappa shape index (κ1) is 16.0. The van der Waals surface area contributed by atoms with E-state index in [-0.39, 0.29) is 6.10 Å². The van der Waals surface area contributed by atoms with E-state index < -0.39 is 0 Å². The second-order valence-electron chi connectivity index (χ2n) is 5.61. The second-order valence-corrected chi connectivity index (χ2v) is 6.00. The van der Waals surface area contributed by atoms with Crippen LogP contribution >= 0.6 is 11.6 Å². The third-order valence-electron chi connectivity index (χ3n) is 3.84. The Morgan fingerprint density at radius 3 is 2.91 bits per heavy atom. The third kappa shape index (κ3) is 4.81. The Balaban J connectivity index is 1.29. The van der Waals surface area contributed by atoms with Crippen molar-refractivity contribution in [3.8, 4) is 5.75 Å². The fourth-order valence-electron chi connectivity index (χ4n) is 2.63. The van der Waals surface area contributed by atoms with Gasteiger partial charge in [0.25, 0.3) is 0 Å². The number of aromatic nitrogens is 2. The Bertz CT molecular complexity index is 620. The van der Waals surface area contributed by atoms with Crippen molar-refractivity contribution in [3.63, 3.8) is 0 Å². The van der Waals surface area contributed by atoms with Crippen molar-refractivity contribution in [3.05, 3.63) is 47.1 Å². The van der Waals surface area contributed by atoms with E-state index in [1.54, 1.807) is 6.07 Å². The molecule has 6 heteroatoms. The van der Waals surface area contributed by atoms with E-state index in [0.717, 1.165) is 50.5 Å². The quantitative estimate of drug-likeness (QED) is 0.763. The smallest absolute Gasteiger partial charge is 0.151 e. The van der Waals surface area contributed by atoms with Crippen LogP contribution in [0, 0.1) is 0 Å². The molecule has 122 valence electrons. The van der Waals surface area contributed by atoms with Gasteiger partial charge in [0.2, 0.25) is 0 Å².